The molecule has 1 atom stereocenters. The number of rotatable bonds is 6. The van der Waals surface area contributed by atoms with Crippen LogP contribution in [-0.2, 0) is 17.8 Å². The summed E-state index contributed by atoms with van der Waals surface area (Å²) >= 11 is 0. The number of aromatic nitrogens is 2. The molecule has 25 heavy (non-hydrogen) atoms. The van der Waals surface area contributed by atoms with Crippen molar-refractivity contribution >= 4 is 6.03 Å². The second-order valence-electron chi connectivity index (χ2n) is 7.21. The summed E-state index contributed by atoms with van der Waals surface area (Å²) in [6.07, 6.45) is 4.85. The smallest absolute Gasteiger partial charge is 0.315 e. The van der Waals surface area contributed by atoms with Gasteiger partial charge in [0.25, 0.3) is 0 Å². The minimum atomic E-state index is -0.454. The molecule has 134 valence electrons. The van der Waals surface area contributed by atoms with Crippen LogP contribution in [0.25, 0.3) is 0 Å². The van der Waals surface area contributed by atoms with Crippen molar-refractivity contribution in [3.63, 3.8) is 0 Å². The van der Waals surface area contributed by atoms with Gasteiger partial charge in [0.05, 0.1) is 36.7 Å². The molecule has 1 aliphatic rings. The van der Waals surface area contributed by atoms with Gasteiger partial charge < -0.3 is 15.4 Å². The molecule has 1 aromatic heterocycles. The summed E-state index contributed by atoms with van der Waals surface area (Å²) < 4.78 is 5.76. The van der Waals surface area contributed by atoms with Gasteiger partial charge in [0, 0.05) is 0 Å². The highest BCUT2D eigenvalue weighted by Crippen LogP contribution is 2.27. The third-order valence-electron chi connectivity index (χ3n) is 4.37. The number of H-pyrrole nitrogens is 1. The van der Waals surface area contributed by atoms with Crippen molar-refractivity contribution in [1.29, 1.82) is 0 Å². The molecule has 3 N–H and O–H groups in total. The Morgan fingerprint density at radius 3 is 2.96 bits per heavy atom. The Labute approximate surface area is 148 Å². The fourth-order valence-corrected chi connectivity index (χ4v) is 3.14. The number of hydrogen-bond acceptors (Lipinski definition) is 3. The van der Waals surface area contributed by atoms with Crippen molar-refractivity contribution in [1.82, 2.24) is 20.8 Å². The molecule has 0 radical (unpaired) electrons. The standard InChI is InChI=1S/C19H26N4O2/c1-19(2,13-25-12-14-7-4-3-5-8-14)22-18(24)21-16-10-6-9-15-11-20-23-17(15)16/h3-5,7-8,11,16H,6,9-10,12-13H2,1-2H3,(H,20,23)(H2,21,22,24). The molecule has 1 unspecified atom stereocenters. The van der Waals surface area contributed by atoms with E-state index in [2.05, 4.69) is 20.8 Å². The van der Waals surface area contributed by atoms with Gasteiger partial charge in [-0.3, -0.25) is 5.10 Å². The van der Waals surface area contributed by atoms with E-state index in [0.29, 0.717) is 13.2 Å². The van der Waals surface area contributed by atoms with Crippen LogP contribution in [0.2, 0.25) is 0 Å². The van der Waals surface area contributed by atoms with E-state index in [-0.39, 0.29) is 12.1 Å². The number of carbonyl (C=O) groups excluding carboxylic acids is 1. The lowest BCUT2D eigenvalue weighted by atomic mass is 9.94. The molecular formula is C19H26N4O2. The summed E-state index contributed by atoms with van der Waals surface area (Å²) in [5, 5.41) is 13.2. The lowest BCUT2D eigenvalue weighted by Crippen LogP contribution is -2.51. The Morgan fingerprint density at radius 2 is 2.16 bits per heavy atom. The number of aryl methyl sites for hydroxylation is 1. The second kappa shape index (κ2) is 7.70. The number of ether oxygens (including phenoxy) is 1. The molecule has 3 rings (SSSR count). The molecule has 0 aliphatic heterocycles. The first-order valence-corrected chi connectivity index (χ1v) is 8.76. The van der Waals surface area contributed by atoms with E-state index in [4.69, 9.17) is 4.74 Å². The first-order valence-electron chi connectivity index (χ1n) is 8.76. The third-order valence-corrected chi connectivity index (χ3v) is 4.37. The Hall–Kier alpha value is -2.34. The van der Waals surface area contributed by atoms with Crippen molar-refractivity contribution in [3.05, 3.63) is 53.3 Å². The number of aromatic amines is 1. The lowest BCUT2D eigenvalue weighted by molar-refractivity contribution is 0.0741. The molecule has 1 heterocycles. The second-order valence-corrected chi connectivity index (χ2v) is 7.21. The maximum Gasteiger partial charge on any atom is 0.315 e. The van der Waals surface area contributed by atoms with Crippen LogP contribution in [0.4, 0.5) is 4.79 Å². The van der Waals surface area contributed by atoms with E-state index >= 15 is 0 Å². The van der Waals surface area contributed by atoms with Crippen LogP contribution in [0.15, 0.2) is 36.5 Å². The van der Waals surface area contributed by atoms with E-state index in [1.807, 2.05) is 50.4 Å². The highest BCUT2D eigenvalue weighted by atomic mass is 16.5. The summed E-state index contributed by atoms with van der Waals surface area (Å²) in [6.45, 7) is 4.89. The predicted molar refractivity (Wildman–Crippen MR) is 96.1 cm³/mol. The fraction of sp³-hybridized carbons (Fsp3) is 0.474. The molecule has 2 amide bonds. The van der Waals surface area contributed by atoms with Gasteiger partial charge in [-0.2, -0.15) is 5.10 Å². The highest BCUT2D eigenvalue weighted by Gasteiger charge is 2.26. The summed E-state index contributed by atoms with van der Waals surface area (Å²) in [7, 11) is 0. The Bertz CT molecular complexity index is 696. The minimum Gasteiger partial charge on any atom is -0.374 e. The fourth-order valence-electron chi connectivity index (χ4n) is 3.14. The quantitative estimate of drug-likeness (QED) is 0.755. The Kier molecular flexibility index (Phi) is 5.38. The molecular weight excluding hydrogens is 316 g/mol. The van der Waals surface area contributed by atoms with Crippen LogP contribution in [0.5, 0.6) is 0 Å². The predicted octanol–water partition coefficient (Wildman–Crippen LogP) is 3.08. The van der Waals surface area contributed by atoms with Crippen molar-refractivity contribution in [2.24, 2.45) is 0 Å². The third kappa shape index (κ3) is 4.82. The molecule has 6 heteroatoms. The zero-order chi connectivity index (χ0) is 17.7. The van der Waals surface area contributed by atoms with Crippen LogP contribution in [0.3, 0.4) is 0 Å². The Morgan fingerprint density at radius 1 is 1.36 bits per heavy atom. The van der Waals surface area contributed by atoms with E-state index in [1.165, 1.54) is 5.56 Å². The largest absolute Gasteiger partial charge is 0.374 e. The normalized spacial score (nSPS) is 17.0. The minimum absolute atomic E-state index is 0.00714. The number of hydrogen-bond donors (Lipinski definition) is 3. The Balaban J connectivity index is 1.47. The number of nitrogens with one attached hydrogen (secondary N) is 3. The van der Waals surface area contributed by atoms with Crippen LogP contribution >= 0.6 is 0 Å². The molecule has 6 nitrogen and oxygen atoms in total. The van der Waals surface area contributed by atoms with Gasteiger partial charge in [-0.1, -0.05) is 30.3 Å². The topological polar surface area (TPSA) is 79.0 Å². The van der Waals surface area contributed by atoms with Crippen LogP contribution in [0.1, 0.15) is 49.6 Å². The number of carbonyl (C=O) groups is 1. The molecule has 0 bridgehead atoms. The maximum atomic E-state index is 12.4. The number of urea groups is 1. The average molecular weight is 342 g/mol. The first-order chi connectivity index (χ1) is 12.0. The molecule has 0 saturated carbocycles. The zero-order valence-electron chi connectivity index (χ0n) is 14.8. The van der Waals surface area contributed by atoms with E-state index in [9.17, 15) is 4.79 Å². The summed E-state index contributed by atoms with van der Waals surface area (Å²) in [4.78, 5) is 12.4. The summed E-state index contributed by atoms with van der Waals surface area (Å²) in [5.41, 5.74) is 2.89. The van der Waals surface area contributed by atoms with Crippen molar-refractivity contribution in [3.8, 4) is 0 Å². The summed E-state index contributed by atoms with van der Waals surface area (Å²) in [5.74, 6) is 0. The van der Waals surface area contributed by atoms with Gasteiger partial charge in [-0.25, -0.2) is 4.79 Å². The first kappa shape index (κ1) is 17.5. The molecule has 2 aromatic rings. The summed E-state index contributed by atoms with van der Waals surface area (Å²) in [6, 6.07) is 9.83. The van der Waals surface area contributed by atoms with Crippen LogP contribution in [0, 0.1) is 0 Å². The van der Waals surface area contributed by atoms with Crippen molar-refractivity contribution in [2.75, 3.05) is 6.61 Å². The van der Waals surface area contributed by atoms with Crippen LogP contribution < -0.4 is 10.6 Å². The molecule has 1 aliphatic carbocycles. The number of amides is 2. The highest BCUT2D eigenvalue weighted by molar-refractivity contribution is 5.75. The monoisotopic (exact) mass is 342 g/mol. The molecule has 0 spiro atoms. The van der Waals surface area contributed by atoms with Gasteiger partial charge >= 0.3 is 6.03 Å². The van der Waals surface area contributed by atoms with Gasteiger partial charge in [-0.05, 0) is 44.2 Å². The van der Waals surface area contributed by atoms with Crippen molar-refractivity contribution < 1.29 is 9.53 Å². The van der Waals surface area contributed by atoms with Crippen molar-refractivity contribution in [2.45, 2.75) is 51.3 Å². The zero-order valence-corrected chi connectivity index (χ0v) is 14.8. The van der Waals surface area contributed by atoms with E-state index in [1.54, 1.807) is 0 Å². The van der Waals surface area contributed by atoms with Gasteiger partial charge in [0.15, 0.2) is 0 Å². The van der Waals surface area contributed by atoms with Gasteiger partial charge in [0.1, 0.15) is 0 Å². The average Bonchev–Trinajstić information content (AvgIpc) is 3.05. The number of benzene rings is 1. The number of fused-ring (bicyclic) bond motifs is 1. The number of nitrogens with zero attached hydrogens (tertiary/aromatic N) is 1. The molecule has 0 saturated heterocycles. The van der Waals surface area contributed by atoms with Gasteiger partial charge in [-0.15, -0.1) is 0 Å². The molecule has 0 fully saturated rings. The maximum absolute atomic E-state index is 12.4. The molecule has 1 aromatic carbocycles. The SMILES string of the molecule is CC(C)(COCc1ccccc1)NC(=O)NC1CCCc2cn[nH]c21. The lowest BCUT2D eigenvalue weighted by Gasteiger charge is -2.29. The van der Waals surface area contributed by atoms with Gasteiger partial charge in [0.2, 0.25) is 0 Å². The van der Waals surface area contributed by atoms with E-state index in [0.717, 1.165) is 30.5 Å². The van der Waals surface area contributed by atoms with Crippen LogP contribution in [-0.4, -0.2) is 28.4 Å². The van der Waals surface area contributed by atoms with E-state index < -0.39 is 5.54 Å².